The van der Waals surface area contributed by atoms with Gasteiger partial charge in [0.15, 0.2) is 17.6 Å². The average molecular weight is 252 g/mol. The maximum Gasteiger partial charge on any atom is 0.330 e. The van der Waals surface area contributed by atoms with E-state index >= 15 is 0 Å². The van der Waals surface area contributed by atoms with E-state index in [0.717, 1.165) is 6.08 Å². The van der Waals surface area contributed by atoms with Crippen LogP contribution in [-0.2, 0) is 9.53 Å². The third-order valence-corrected chi connectivity index (χ3v) is 2.15. The van der Waals surface area contributed by atoms with Crippen molar-refractivity contribution < 1.29 is 24.1 Å². The van der Waals surface area contributed by atoms with Crippen LogP contribution in [0.4, 0.5) is 0 Å². The van der Waals surface area contributed by atoms with Gasteiger partial charge in [-0.05, 0) is 12.1 Å². The third-order valence-electron chi connectivity index (χ3n) is 2.15. The summed E-state index contributed by atoms with van der Waals surface area (Å²) in [6, 6.07) is 7.08. The number of aliphatic hydroxyl groups is 1. The van der Waals surface area contributed by atoms with Gasteiger partial charge in [-0.1, -0.05) is 18.7 Å². The molecule has 98 valence electrons. The SMILES string of the molecule is C=CC(=O)O[C@@H](CO)COc1ccccc1OC. The van der Waals surface area contributed by atoms with E-state index in [1.54, 1.807) is 18.2 Å². The van der Waals surface area contributed by atoms with Gasteiger partial charge in [-0.3, -0.25) is 0 Å². The molecule has 0 aromatic heterocycles. The molecule has 1 rings (SSSR count). The second kappa shape index (κ2) is 7.34. The summed E-state index contributed by atoms with van der Waals surface area (Å²) in [4.78, 5) is 11.0. The molecule has 0 aliphatic carbocycles. The first-order chi connectivity index (χ1) is 8.71. The lowest BCUT2D eigenvalue weighted by atomic mass is 10.3. The second-order valence-corrected chi connectivity index (χ2v) is 3.41. The smallest absolute Gasteiger partial charge is 0.330 e. The maximum absolute atomic E-state index is 11.0. The fourth-order valence-electron chi connectivity index (χ4n) is 1.26. The van der Waals surface area contributed by atoms with Crippen LogP contribution >= 0.6 is 0 Å². The first kappa shape index (κ1) is 14.1. The average Bonchev–Trinajstić information content (AvgIpc) is 2.43. The van der Waals surface area contributed by atoms with Crippen molar-refractivity contribution in [2.75, 3.05) is 20.3 Å². The molecule has 0 saturated carbocycles. The number of methoxy groups -OCH3 is 1. The summed E-state index contributed by atoms with van der Waals surface area (Å²) in [7, 11) is 1.53. The Hall–Kier alpha value is -2.01. The third kappa shape index (κ3) is 4.10. The number of carbonyl (C=O) groups excluding carboxylic acids is 1. The van der Waals surface area contributed by atoms with Crippen LogP contribution in [0.2, 0.25) is 0 Å². The molecule has 0 radical (unpaired) electrons. The number of aliphatic hydroxyl groups excluding tert-OH is 1. The first-order valence-electron chi connectivity index (χ1n) is 5.41. The zero-order valence-corrected chi connectivity index (χ0v) is 10.2. The molecule has 0 unspecified atom stereocenters. The summed E-state index contributed by atoms with van der Waals surface area (Å²) in [5.41, 5.74) is 0. The van der Waals surface area contributed by atoms with Crippen LogP contribution in [-0.4, -0.2) is 37.5 Å². The quantitative estimate of drug-likeness (QED) is 0.583. The molecular weight excluding hydrogens is 236 g/mol. The molecule has 1 aromatic carbocycles. The van der Waals surface area contributed by atoms with Crippen LogP contribution < -0.4 is 9.47 Å². The van der Waals surface area contributed by atoms with Crippen LogP contribution in [0.3, 0.4) is 0 Å². The van der Waals surface area contributed by atoms with Crippen molar-refractivity contribution in [2.45, 2.75) is 6.10 Å². The predicted molar refractivity (Wildman–Crippen MR) is 65.7 cm³/mol. The fourth-order valence-corrected chi connectivity index (χ4v) is 1.26. The molecule has 0 bridgehead atoms. The molecule has 0 saturated heterocycles. The highest BCUT2D eigenvalue weighted by molar-refractivity contribution is 5.81. The van der Waals surface area contributed by atoms with E-state index in [0.29, 0.717) is 11.5 Å². The summed E-state index contributed by atoms with van der Waals surface area (Å²) < 4.78 is 15.4. The Labute approximate surface area is 106 Å². The molecule has 1 N–H and O–H groups in total. The Morgan fingerprint density at radius 2 is 2.11 bits per heavy atom. The molecule has 5 nitrogen and oxygen atoms in total. The van der Waals surface area contributed by atoms with Crippen molar-refractivity contribution in [3.05, 3.63) is 36.9 Å². The number of carbonyl (C=O) groups is 1. The lowest BCUT2D eigenvalue weighted by molar-refractivity contribution is -0.146. The molecule has 0 aliphatic heterocycles. The van der Waals surface area contributed by atoms with Crippen LogP contribution in [0, 0.1) is 0 Å². The van der Waals surface area contributed by atoms with Crippen molar-refractivity contribution in [3.8, 4) is 11.5 Å². The van der Waals surface area contributed by atoms with Gasteiger partial charge in [-0.2, -0.15) is 0 Å². The van der Waals surface area contributed by atoms with Crippen molar-refractivity contribution in [3.63, 3.8) is 0 Å². The van der Waals surface area contributed by atoms with Crippen LogP contribution in [0.5, 0.6) is 11.5 Å². The van der Waals surface area contributed by atoms with Gasteiger partial charge in [-0.25, -0.2) is 4.79 Å². The van der Waals surface area contributed by atoms with E-state index < -0.39 is 12.1 Å². The van der Waals surface area contributed by atoms with E-state index in [4.69, 9.17) is 19.3 Å². The molecule has 5 heteroatoms. The number of rotatable bonds is 7. The van der Waals surface area contributed by atoms with E-state index in [1.165, 1.54) is 7.11 Å². The Balaban J connectivity index is 2.56. The molecule has 0 fully saturated rings. The van der Waals surface area contributed by atoms with Crippen LogP contribution in [0.25, 0.3) is 0 Å². The van der Waals surface area contributed by atoms with Gasteiger partial charge in [0.1, 0.15) is 6.61 Å². The number of benzene rings is 1. The minimum atomic E-state index is -0.736. The van der Waals surface area contributed by atoms with Gasteiger partial charge in [0.05, 0.1) is 13.7 Å². The number of ether oxygens (including phenoxy) is 3. The van der Waals surface area contributed by atoms with Gasteiger partial charge >= 0.3 is 5.97 Å². The highest BCUT2D eigenvalue weighted by Crippen LogP contribution is 2.25. The summed E-state index contributed by atoms with van der Waals surface area (Å²) in [5, 5.41) is 9.05. The normalized spacial score (nSPS) is 11.4. The zero-order valence-electron chi connectivity index (χ0n) is 10.2. The topological polar surface area (TPSA) is 65.0 Å². The number of hydrogen-bond donors (Lipinski definition) is 1. The largest absolute Gasteiger partial charge is 0.493 e. The highest BCUT2D eigenvalue weighted by Gasteiger charge is 2.13. The number of hydrogen-bond acceptors (Lipinski definition) is 5. The molecular formula is C13H16O5. The van der Waals surface area contributed by atoms with E-state index in [-0.39, 0.29) is 13.2 Å². The van der Waals surface area contributed by atoms with Crippen molar-refractivity contribution in [1.82, 2.24) is 0 Å². The van der Waals surface area contributed by atoms with E-state index in [9.17, 15) is 4.79 Å². The lowest BCUT2D eigenvalue weighted by Crippen LogP contribution is -2.27. The van der Waals surface area contributed by atoms with Gasteiger partial charge in [0.2, 0.25) is 0 Å². The van der Waals surface area contributed by atoms with E-state index in [1.807, 2.05) is 6.07 Å². The summed E-state index contributed by atoms with van der Waals surface area (Å²) >= 11 is 0. The van der Waals surface area contributed by atoms with Crippen LogP contribution in [0.15, 0.2) is 36.9 Å². The molecule has 1 aromatic rings. The lowest BCUT2D eigenvalue weighted by Gasteiger charge is -2.16. The predicted octanol–water partition coefficient (Wildman–Crippen LogP) is 1.16. The maximum atomic E-state index is 11.0. The molecule has 0 aliphatic rings. The highest BCUT2D eigenvalue weighted by atomic mass is 16.6. The first-order valence-corrected chi connectivity index (χ1v) is 5.41. The standard InChI is InChI=1S/C13H16O5/c1-3-13(15)18-10(8-14)9-17-12-7-5-4-6-11(12)16-2/h3-7,10,14H,1,8-9H2,2H3/t10-/m0/s1. The zero-order chi connectivity index (χ0) is 13.4. The second-order valence-electron chi connectivity index (χ2n) is 3.41. The Kier molecular flexibility index (Phi) is 5.73. The van der Waals surface area contributed by atoms with E-state index in [2.05, 4.69) is 6.58 Å². The number of para-hydroxylation sites is 2. The van der Waals surface area contributed by atoms with Crippen LogP contribution in [0.1, 0.15) is 0 Å². The Bertz CT molecular complexity index is 402. The van der Waals surface area contributed by atoms with Gasteiger partial charge in [-0.15, -0.1) is 0 Å². The Morgan fingerprint density at radius 1 is 1.44 bits per heavy atom. The summed E-state index contributed by atoms with van der Waals surface area (Å²) in [5.74, 6) is 0.495. The monoisotopic (exact) mass is 252 g/mol. The van der Waals surface area contributed by atoms with Crippen molar-refractivity contribution in [1.29, 1.82) is 0 Å². The minimum absolute atomic E-state index is 0.0381. The molecule has 0 heterocycles. The summed E-state index contributed by atoms with van der Waals surface area (Å²) in [6.07, 6.45) is 0.298. The molecule has 0 spiro atoms. The minimum Gasteiger partial charge on any atom is -0.493 e. The molecule has 1 atom stereocenters. The van der Waals surface area contributed by atoms with Gasteiger partial charge in [0.25, 0.3) is 0 Å². The molecule has 0 amide bonds. The van der Waals surface area contributed by atoms with Crippen molar-refractivity contribution >= 4 is 5.97 Å². The fraction of sp³-hybridized carbons (Fsp3) is 0.308. The summed E-state index contributed by atoms with van der Waals surface area (Å²) in [6.45, 7) is 2.99. The Morgan fingerprint density at radius 3 is 2.67 bits per heavy atom. The van der Waals surface area contributed by atoms with Gasteiger partial charge in [0, 0.05) is 6.08 Å². The molecule has 18 heavy (non-hydrogen) atoms. The van der Waals surface area contributed by atoms with Gasteiger partial charge < -0.3 is 19.3 Å². The number of esters is 1. The van der Waals surface area contributed by atoms with Crippen molar-refractivity contribution in [2.24, 2.45) is 0 Å².